The Balaban J connectivity index is 2.79. The van der Waals surface area contributed by atoms with E-state index in [1.165, 1.54) is 18.2 Å². The van der Waals surface area contributed by atoms with E-state index in [1.54, 1.807) is 0 Å². The molecule has 1 atom stereocenters. The van der Waals surface area contributed by atoms with E-state index in [-0.39, 0.29) is 30.0 Å². The van der Waals surface area contributed by atoms with Gasteiger partial charge in [-0.15, -0.1) is 0 Å². The van der Waals surface area contributed by atoms with E-state index in [0.717, 1.165) is 12.1 Å². The van der Waals surface area contributed by atoms with Gasteiger partial charge in [-0.2, -0.15) is 13.2 Å². The first-order chi connectivity index (χ1) is 12.4. The van der Waals surface area contributed by atoms with Crippen molar-refractivity contribution in [3.8, 4) is 0 Å². The normalized spacial score (nSPS) is 14.1. The molecule has 0 amide bonds. The van der Waals surface area contributed by atoms with Crippen LogP contribution in [0.2, 0.25) is 0 Å². The van der Waals surface area contributed by atoms with E-state index in [4.69, 9.17) is 9.94 Å². The molecule has 0 aromatic heterocycles. The number of benzene rings is 1. The van der Waals surface area contributed by atoms with Crippen LogP contribution in [0.1, 0.15) is 38.3 Å². The Bertz CT molecular complexity index is 655. The van der Waals surface area contributed by atoms with Crippen molar-refractivity contribution in [3.63, 3.8) is 0 Å². The van der Waals surface area contributed by atoms with E-state index in [1.807, 2.05) is 20.8 Å². The predicted molar refractivity (Wildman–Crippen MR) is 94.5 cm³/mol. The van der Waals surface area contributed by atoms with Gasteiger partial charge in [-0.3, -0.25) is 15.1 Å². The summed E-state index contributed by atoms with van der Waals surface area (Å²) in [6, 6.07) is 4.43. The summed E-state index contributed by atoms with van der Waals surface area (Å²) in [5.74, 6) is -1.14. The van der Waals surface area contributed by atoms with Crippen LogP contribution in [0, 0.1) is 0 Å². The summed E-state index contributed by atoms with van der Waals surface area (Å²) in [6.07, 6.45) is -4.59. The topological polar surface area (TPSA) is 90.8 Å². The third-order valence-electron chi connectivity index (χ3n) is 3.31. The molecule has 9 heteroatoms. The van der Waals surface area contributed by atoms with Gasteiger partial charge in [0, 0.05) is 17.6 Å². The number of hydrogen-bond donors (Lipinski definition) is 4. The molecule has 1 unspecified atom stereocenters. The highest BCUT2D eigenvalue weighted by molar-refractivity contribution is 5.73. The molecule has 0 heterocycles. The number of aliphatic hydroxyl groups excluding tert-OH is 1. The van der Waals surface area contributed by atoms with Crippen LogP contribution >= 0.6 is 0 Å². The van der Waals surface area contributed by atoms with Gasteiger partial charge < -0.3 is 15.5 Å². The molecule has 0 aliphatic carbocycles. The lowest BCUT2D eigenvalue weighted by atomic mass is 10.1. The Morgan fingerprint density at radius 3 is 2.52 bits per heavy atom. The van der Waals surface area contributed by atoms with Crippen LogP contribution in [-0.4, -0.2) is 41.0 Å². The second-order valence-corrected chi connectivity index (χ2v) is 6.99. The zero-order chi connectivity index (χ0) is 20.7. The smallest absolute Gasteiger partial charge is 0.416 e. The second-order valence-electron chi connectivity index (χ2n) is 6.99. The van der Waals surface area contributed by atoms with Crippen molar-refractivity contribution in [1.82, 2.24) is 10.8 Å². The van der Waals surface area contributed by atoms with Crippen molar-refractivity contribution in [2.75, 3.05) is 13.2 Å². The van der Waals surface area contributed by atoms with Crippen LogP contribution in [0.15, 0.2) is 30.3 Å². The van der Waals surface area contributed by atoms with Crippen LogP contribution < -0.4 is 10.8 Å². The molecule has 1 aromatic carbocycles. The van der Waals surface area contributed by atoms with Gasteiger partial charge in [0.2, 0.25) is 0 Å². The van der Waals surface area contributed by atoms with E-state index < -0.39 is 30.2 Å². The Kier molecular flexibility index (Phi) is 8.26. The van der Waals surface area contributed by atoms with Crippen molar-refractivity contribution < 1.29 is 33.0 Å². The number of alkyl halides is 3. The molecule has 1 rings (SSSR count). The molecule has 6 nitrogen and oxygen atoms in total. The van der Waals surface area contributed by atoms with Gasteiger partial charge in [-0.25, -0.2) is 0 Å². The molecule has 0 aliphatic heterocycles. The minimum absolute atomic E-state index is 0.0690. The highest BCUT2D eigenvalue weighted by atomic mass is 19.4. The maximum Gasteiger partial charge on any atom is 0.416 e. The van der Waals surface area contributed by atoms with Crippen LogP contribution in [-0.2, 0) is 15.8 Å². The number of nitrogens with one attached hydrogen (secondary N) is 2. The van der Waals surface area contributed by atoms with E-state index in [2.05, 4.69) is 10.8 Å². The second kappa shape index (κ2) is 9.72. The number of β-amino-alcohol motifs (C(OH)–C–C–N with tert-alkyl or cyclic N) is 1. The molecule has 0 fully saturated rings. The fourth-order valence-electron chi connectivity index (χ4n) is 1.97. The number of hydroxylamine groups is 1. The quantitative estimate of drug-likeness (QED) is 0.485. The Hall–Kier alpha value is -2.10. The van der Waals surface area contributed by atoms with Gasteiger partial charge in [0.15, 0.2) is 0 Å². The van der Waals surface area contributed by atoms with E-state index in [0.29, 0.717) is 0 Å². The molecular weight excluding hydrogens is 365 g/mol. The maximum absolute atomic E-state index is 12.9. The van der Waals surface area contributed by atoms with Crippen molar-refractivity contribution >= 4 is 11.7 Å². The first-order valence-electron chi connectivity index (χ1n) is 8.29. The summed E-state index contributed by atoms with van der Waals surface area (Å²) in [5.41, 5.74) is 1.57. The number of carboxylic acids is 1. The average molecular weight is 390 g/mol. The molecule has 0 radical (unpaired) electrons. The molecular formula is C18H25F3N2O4. The van der Waals surface area contributed by atoms with Gasteiger partial charge in [-0.05, 0) is 39.0 Å². The summed E-state index contributed by atoms with van der Waals surface area (Å²) >= 11 is 0. The average Bonchev–Trinajstić information content (AvgIpc) is 2.54. The van der Waals surface area contributed by atoms with E-state index >= 15 is 0 Å². The fourth-order valence-corrected chi connectivity index (χ4v) is 1.97. The Morgan fingerprint density at radius 2 is 1.96 bits per heavy atom. The Labute approximate surface area is 156 Å². The summed E-state index contributed by atoms with van der Waals surface area (Å²) in [6.45, 7) is 5.90. The molecule has 0 bridgehead atoms. The van der Waals surface area contributed by atoms with Gasteiger partial charge >= 0.3 is 12.1 Å². The van der Waals surface area contributed by atoms with Crippen molar-refractivity contribution in [3.05, 3.63) is 41.5 Å². The monoisotopic (exact) mass is 390 g/mol. The highest BCUT2D eigenvalue weighted by Crippen LogP contribution is 2.30. The van der Waals surface area contributed by atoms with Crippen LogP contribution in [0.4, 0.5) is 13.2 Å². The molecule has 27 heavy (non-hydrogen) atoms. The van der Waals surface area contributed by atoms with Gasteiger partial charge in [0.1, 0.15) is 6.61 Å². The standard InChI is InChI=1S/C18H25F3N2O4/c1-17(2,3)22-10-14(24)11-27-23-15(7-8-16(25)26)12-5-4-6-13(9-12)18(19,20)21/h4-7,9,14,22-24H,8,10-11H2,1-3H3,(H,25,26). The third-order valence-corrected chi connectivity index (χ3v) is 3.31. The molecule has 0 spiro atoms. The number of carboxylic acid groups (broad SMARTS) is 1. The maximum atomic E-state index is 12.9. The minimum Gasteiger partial charge on any atom is -0.481 e. The molecule has 0 saturated heterocycles. The predicted octanol–water partition coefficient (Wildman–Crippen LogP) is 2.79. The number of halogens is 3. The zero-order valence-electron chi connectivity index (χ0n) is 15.4. The molecule has 0 aliphatic rings. The largest absolute Gasteiger partial charge is 0.481 e. The van der Waals surface area contributed by atoms with Gasteiger partial charge in [-0.1, -0.05) is 12.1 Å². The molecule has 4 N–H and O–H groups in total. The van der Waals surface area contributed by atoms with Gasteiger partial charge in [0.25, 0.3) is 0 Å². The Morgan fingerprint density at radius 1 is 1.30 bits per heavy atom. The number of rotatable bonds is 9. The first-order valence-corrected chi connectivity index (χ1v) is 8.29. The summed E-state index contributed by atoms with van der Waals surface area (Å²) in [5, 5.41) is 21.8. The third kappa shape index (κ3) is 9.41. The summed E-state index contributed by atoms with van der Waals surface area (Å²) < 4.78 is 38.6. The molecule has 0 saturated carbocycles. The zero-order valence-corrected chi connectivity index (χ0v) is 15.4. The van der Waals surface area contributed by atoms with Gasteiger partial charge in [0.05, 0.1) is 23.8 Å². The number of hydrogen-bond acceptors (Lipinski definition) is 5. The highest BCUT2D eigenvalue weighted by Gasteiger charge is 2.30. The molecule has 152 valence electrons. The van der Waals surface area contributed by atoms with Crippen LogP contribution in [0.3, 0.4) is 0 Å². The summed E-state index contributed by atoms with van der Waals surface area (Å²) in [7, 11) is 0. The first kappa shape index (κ1) is 22.9. The number of aliphatic hydroxyl groups is 1. The molecule has 1 aromatic rings. The number of carbonyl (C=O) groups is 1. The number of aliphatic carboxylic acids is 1. The SMILES string of the molecule is CC(C)(C)NCC(O)CONC(=CCC(=O)O)c1cccc(C(F)(F)F)c1. The lowest BCUT2D eigenvalue weighted by molar-refractivity contribution is -0.138. The van der Waals surface area contributed by atoms with E-state index in [9.17, 15) is 23.1 Å². The van der Waals surface area contributed by atoms with Crippen LogP contribution in [0.5, 0.6) is 0 Å². The fraction of sp³-hybridized carbons (Fsp3) is 0.500. The van der Waals surface area contributed by atoms with Crippen molar-refractivity contribution in [2.45, 2.75) is 45.0 Å². The lowest BCUT2D eigenvalue weighted by Gasteiger charge is -2.23. The van der Waals surface area contributed by atoms with Crippen molar-refractivity contribution in [1.29, 1.82) is 0 Å². The minimum atomic E-state index is -4.52. The van der Waals surface area contributed by atoms with Crippen LogP contribution in [0.25, 0.3) is 5.70 Å². The summed E-state index contributed by atoms with van der Waals surface area (Å²) in [4.78, 5) is 15.9. The lowest BCUT2D eigenvalue weighted by Crippen LogP contribution is -2.42. The van der Waals surface area contributed by atoms with Crippen molar-refractivity contribution in [2.24, 2.45) is 0 Å².